The van der Waals surface area contributed by atoms with Crippen molar-refractivity contribution >= 4 is 6.29 Å². The van der Waals surface area contributed by atoms with Crippen LogP contribution in [0.1, 0.15) is 73.9 Å². The lowest BCUT2D eigenvalue weighted by Gasteiger charge is -2.47. The van der Waals surface area contributed by atoms with Gasteiger partial charge in [0.1, 0.15) is 6.29 Å². The van der Waals surface area contributed by atoms with Gasteiger partial charge in [-0.05, 0) is 73.0 Å². The molecule has 0 aromatic heterocycles. The molecule has 0 amide bonds. The second kappa shape index (κ2) is 4.47. The maximum absolute atomic E-state index is 10.9. The molecule has 0 atom stereocenters. The molecule has 3 rings (SSSR count). The molecule has 2 aliphatic carbocycles. The van der Waals surface area contributed by atoms with Gasteiger partial charge in [0.25, 0.3) is 0 Å². The summed E-state index contributed by atoms with van der Waals surface area (Å²) in [7, 11) is 0. The summed E-state index contributed by atoms with van der Waals surface area (Å²) in [5, 5.41) is 0. The Bertz CT molecular complexity index is 488. The maximum atomic E-state index is 10.9. The third kappa shape index (κ3) is 2.24. The predicted molar refractivity (Wildman–Crippen MR) is 78.7 cm³/mol. The Hall–Kier alpha value is -1.11. The SMILES string of the molecule is CC1(C)CCC2(CCCc3cc(C=O)ccc32)CC1. The molecule has 0 bridgehead atoms. The summed E-state index contributed by atoms with van der Waals surface area (Å²) in [6.45, 7) is 4.80. The van der Waals surface area contributed by atoms with Gasteiger partial charge < -0.3 is 0 Å². The van der Waals surface area contributed by atoms with Crippen molar-refractivity contribution in [2.24, 2.45) is 5.41 Å². The first kappa shape index (κ1) is 12.9. The van der Waals surface area contributed by atoms with Gasteiger partial charge in [0.05, 0.1) is 0 Å². The molecule has 1 aromatic rings. The number of hydrogen-bond acceptors (Lipinski definition) is 1. The average molecular weight is 256 g/mol. The number of carbonyl (C=O) groups is 1. The van der Waals surface area contributed by atoms with E-state index in [0.717, 1.165) is 18.3 Å². The highest BCUT2D eigenvalue weighted by Crippen LogP contribution is 2.51. The second-order valence-corrected chi connectivity index (χ2v) is 7.33. The molecule has 19 heavy (non-hydrogen) atoms. The van der Waals surface area contributed by atoms with Crippen LogP contribution in [-0.4, -0.2) is 6.29 Å². The first-order chi connectivity index (χ1) is 9.05. The fraction of sp³-hybridized carbons (Fsp3) is 0.611. The molecule has 0 radical (unpaired) electrons. The number of aryl methyl sites for hydroxylation is 1. The number of fused-ring (bicyclic) bond motifs is 2. The summed E-state index contributed by atoms with van der Waals surface area (Å²) in [5.41, 5.74) is 4.78. The van der Waals surface area contributed by atoms with E-state index in [1.165, 1.54) is 44.1 Å². The fourth-order valence-corrected chi connectivity index (χ4v) is 4.09. The second-order valence-electron chi connectivity index (χ2n) is 7.33. The van der Waals surface area contributed by atoms with Crippen molar-refractivity contribution in [2.45, 2.75) is 64.2 Å². The molecule has 1 nitrogen and oxygen atoms in total. The van der Waals surface area contributed by atoms with Gasteiger partial charge in [0.2, 0.25) is 0 Å². The summed E-state index contributed by atoms with van der Waals surface area (Å²) in [6.07, 6.45) is 10.1. The van der Waals surface area contributed by atoms with E-state index in [2.05, 4.69) is 26.0 Å². The lowest BCUT2D eigenvalue weighted by atomic mass is 9.58. The molecule has 1 heteroatoms. The van der Waals surface area contributed by atoms with E-state index in [1.54, 1.807) is 5.56 Å². The van der Waals surface area contributed by atoms with Gasteiger partial charge in [0.15, 0.2) is 0 Å². The van der Waals surface area contributed by atoms with Gasteiger partial charge in [-0.25, -0.2) is 0 Å². The molecule has 2 aliphatic rings. The third-order valence-electron chi connectivity index (χ3n) is 5.50. The Morgan fingerprint density at radius 2 is 1.79 bits per heavy atom. The van der Waals surface area contributed by atoms with Crippen LogP contribution in [0.15, 0.2) is 18.2 Å². The monoisotopic (exact) mass is 256 g/mol. The Balaban J connectivity index is 1.96. The van der Waals surface area contributed by atoms with Crippen molar-refractivity contribution in [1.29, 1.82) is 0 Å². The minimum atomic E-state index is 0.421. The van der Waals surface area contributed by atoms with Gasteiger partial charge in [-0.3, -0.25) is 4.79 Å². The Morgan fingerprint density at radius 3 is 2.47 bits per heavy atom. The van der Waals surface area contributed by atoms with Gasteiger partial charge in [0, 0.05) is 5.56 Å². The number of hydrogen-bond donors (Lipinski definition) is 0. The largest absolute Gasteiger partial charge is 0.298 e. The van der Waals surface area contributed by atoms with Gasteiger partial charge in [-0.15, -0.1) is 0 Å². The average Bonchev–Trinajstić information content (AvgIpc) is 2.42. The Labute approximate surface area is 116 Å². The number of carbonyl (C=O) groups excluding carboxylic acids is 1. The smallest absolute Gasteiger partial charge is 0.150 e. The van der Waals surface area contributed by atoms with Crippen LogP contribution in [0.4, 0.5) is 0 Å². The quantitative estimate of drug-likeness (QED) is 0.667. The molecule has 1 aromatic carbocycles. The van der Waals surface area contributed by atoms with Gasteiger partial charge in [-0.2, -0.15) is 0 Å². The first-order valence-electron chi connectivity index (χ1n) is 7.63. The molecule has 102 valence electrons. The highest BCUT2D eigenvalue weighted by Gasteiger charge is 2.41. The summed E-state index contributed by atoms with van der Waals surface area (Å²) >= 11 is 0. The summed E-state index contributed by atoms with van der Waals surface area (Å²) in [4.78, 5) is 10.9. The van der Waals surface area contributed by atoms with Crippen molar-refractivity contribution in [2.75, 3.05) is 0 Å². The van der Waals surface area contributed by atoms with E-state index >= 15 is 0 Å². The van der Waals surface area contributed by atoms with Crippen LogP contribution in [0.5, 0.6) is 0 Å². The Kier molecular flexibility index (Phi) is 3.03. The molecule has 0 N–H and O–H groups in total. The van der Waals surface area contributed by atoms with Crippen LogP contribution in [0.25, 0.3) is 0 Å². The maximum Gasteiger partial charge on any atom is 0.150 e. The normalized spacial score (nSPS) is 23.9. The number of rotatable bonds is 1. The third-order valence-corrected chi connectivity index (χ3v) is 5.50. The lowest BCUT2D eigenvalue weighted by Crippen LogP contribution is -2.37. The summed E-state index contributed by atoms with van der Waals surface area (Å²) < 4.78 is 0. The zero-order valence-corrected chi connectivity index (χ0v) is 12.2. The predicted octanol–water partition coefficient (Wildman–Crippen LogP) is 4.67. The zero-order valence-electron chi connectivity index (χ0n) is 12.2. The van der Waals surface area contributed by atoms with Crippen LogP contribution >= 0.6 is 0 Å². The molecule has 1 fully saturated rings. The summed E-state index contributed by atoms with van der Waals surface area (Å²) in [5.74, 6) is 0. The Morgan fingerprint density at radius 1 is 1.05 bits per heavy atom. The van der Waals surface area contributed by atoms with E-state index in [9.17, 15) is 4.79 Å². The molecular formula is C18H24O. The van der Waals surface area contributed by atoms with E-state index < -0.39 is 0 Å². The molecule has 1 saturated carbocycles. The zero-order chi connectivity index (χ0) is 13.5. The lowest BCUT2D eigenvalue weighted by molar-refractivity contribution is 0.112. The minimum absolute atomic E-state index is 0.421. The molecule has 0 saturated heterocycles. The van der Waals surface area contributed by atoms with Crippen LogP contribution in [-0.2, 0) is 11.8 Å². The topological polar surface area (TPSA) is 17.1 Å². The standard InChI is InChI=1S/C18H24O/c1-17(2)8-10-18(11-9-17)7-3-4-15-12-14(13-19)5-6-16(15)18/h5-6,12-13H,3-4,7-11H2,1-2H3. The summed E-state index contributed by atoms with van der Waals surface area (Å²) in [6, 6.07) is 6.39. The molecule has 1 spiro atoms. The van der Waals surface area contributed by atoms with Crippen LogP contribution in [0, 0.1) is 5.41 Å². The highest BCUT2D eigenvalue weighted by atomic mass is 16.1. The van der Waals surface area contributed by atoms with E-state index in [-0.39, 0.29) is 0 Å². The van der Waals surface area contributed by atoms with E-state index in [4.69, 9.17) is 0 Å². The minimum Gasteiger partial charge on any atom is -0.298 e. The van der Waals surface area contributed by atoms with Crippen LogP contribution in [0.3, 0.4) is 0 Å². The van der Waals surface area contributed by atoms with E-state index in [1.807, 2.05) is 6.07 Å². The van der Waals surface area contributed by atoms with Crippen molar-refractivity contribution in [3.8, 4) is 0 Å². The van der Waals surface area contributed by atoms with Gasteiger partial charge >= 0.3 is 0 Å². The molecule has 0 unspecified atom stereocenters. The van der Waals surface area contributed by atoms with Gasteiger partial charge in [-0.1, -0.05) is 26.0 Å². The highest BCUT2D eigenvalue weighted by molar-refractivity contribution is 5.75. The van der Waals surface area contributed by atoms with Crippen LogP contribution in [0.2, 0.25) is 0 Å². The number of benzene rings is 1. The fourth-order valence-electron chi connectivity index (χ4n) is 4.09. The van der Waals surface area contributed by atoms with Crippen molar-refractivity contribution < 1.29 is 4.79 Å². The van der Waals surface area contributed by atoms with Crippen molar-refractivity contribution in [3.05, 3.63) is 34.9 Å². The number of aldehydes is 1. The molecule has 0 heterocycles. The van der Waals surface area contributed by atoms with Crippen molar-refractivity contribution in [3.63, 3.8) is 0 Å². The van der Waals surface area contributed by atoms with Crippen molar-refractivity contribution in [1.82, 2.24) is 0 Å². The molecule has 0 aliphatic heterocycles. The van der Waals surface area contributed by atoms with E-state index in [0.29, 0.717) is 10.8 Å². The molecular weight excluding hydrogens is 232 g/mol. The van der Waals surface area contributed by atoms with Crippen LogP contribution < -0.4 is 0 Å². The first-order valence-corrected chi connectivity index (χ1v) is 7.63.